The Morgan fingerprint density at radius 2 is 1.89 bits per heavy atom. The Balaban J connectivity index is 2.17. The number of hydrogen-bond acceptors (Lipinski definition) is 3. The molecule has 0 spiro atoms. The van der Waals surface area contributed by atoms with Crippen molar-refractivity contribution in [3.05, 3.63) is 0 Å². The van der Waals surface area contributed by atoms with Gasteiger partial charge in [0.15, 0.2) is 0 Å². The van der Waals surface area contributed by atoms with E-state index < -0.39 is 17.4 Å². The van der Waals surface area contributed by atoms with Crippen LogP contribution in [0.4, 0.5) is 0 Å². The van der Waals surface area contributed by atoms with Gasteiger partial charge in [0.05, 0.1) is 5.41 Å². The van der Waals surface area contributed by atoms with Crippen molar-refractivity contribution in [2.45, 2.75) is 51.0 Å². The number of carboxylic acid groups (broad SMARTS) is 1. The predicted molar refractivity (Wildman–Crippen MR) is 66.9 cm³/mol. The molecule has 1 aliphatic carbocycles. The van der Waals surface area contributed by atoms with Crippen LogP contribution < -0.4 is 5.73 Å². The van der Waals surface area contributed by atoms with E-state index in [1.54, 1.807) is 4.90 Å². The van der Waals surface area contributed by atoms with Crippen molar-refractivity contribution < 1.29 is 14.7 Å². The minimum Gasteiger partial charge on any atom is -0.480 e. The number of carbonyl (C=O) groups is 2. The molecule has 2 fully saturated rings. The number of carboxylic acids is 1. The highest BCUT2D eigenvalue weighted by molar-refractivity contribution is 5.88. The summed E-state index contributed by atoms with van der Waals surface area (Å²) < 4.78 is 0. The van der Waals surface area contributed by atoms with Crippen LogP contribution in [-0.4, -0.2) is 41.0 Å². The summed E-state index contributed by atoms with van der Waals surface area (Å²) in [7, 11) is 0. The van der Waals surface area contributed by atoms with E-state index in [4.69, 9.17) is 5.73 Å². The van der Waals surface area contributed by atoms with Gasteiger partial charge >= 0.3 is 5.97 Å². The lowest BCUT2D eigenvalue weighted by molar-refractivity contribution is -0.157. The van der Waals surface area contributed by atoms with Crippen LogP contribution in [0.1, 0.15) is 44.9 Å². The highest BCUT2D eigenvalue weighted by Crippen LogP contribution is 2.40. The Labute approximate surface area is 107 Å². The molecule has 0 aromatic heterocycles. The van der Waals surface area contributed by atoms with Gasteiger partial charge in [0, 0.05) is 13.1 Å². The molecule has 0 radical (unpaired) electrons. The summed E-state index contributed by atoms with van der Waals surface area (Å²) in [6, 6.07) is -0.643. The Hall–Kier alpha value is -1.10. The lowest BCUT2D eigenvalue weighted by atomic mass is 9.83. The summed E-state index contributed by atoms with van der Waals surface area (Å²) in [5.41, 5.74) is 5.32. The van der Waals surface area contributed by atoms with Crippen LogP contribution >= 0.6 is 0 Å². The van der Waals surface area contributed by atoms with Gasteiger partial charge in [-0.05, 0) is 32.1 Å². The standard InChI is InChI=1S/C13H22N2O3/c14-9-13(6-2-3-7-13)12(18)15-8-4-1-5-10(15)11(16)17/h10H,1-9,14H2,(H,16,17)/t10-/m0/s1. The smallest absolute Gasteiger partial charge is 0.326 e. The average Bonchev–Trinajstić information content (AvgIpc) is 2.87. The molecule has 0 bridgehead atoms. The molecule has 1 atom stereocenters. The molecule has 5 heteroatoms. The van der Waals surface area contributed by atoms with E-state index >= 15 is 0 Å². The fourth-order valence-corrected chi connectivity index (χ4v) is 3.29. The molecule has 0 aromatic carbocycles. The number of amides is 1. The highest BCUT2D eigenvalue weighted by Gasteiger charge is 2.45. The highest BCUT2D eigenvalue weighted by atomic mass is 16.4. The lowest BCUT2D eigenvalue weighted by Gasteiger charge is -2.39. The SMILES string of the molecule is NCC1(C(=O)N2CCCC[C@H]2C(=O)O)CCCC1. The lowest BCUT2D eigenvalue weighted by Crippen LogP contribution is -2.54. The monoisotopic (exact) mass is 254 g/mol. The molecule has 1 saturated heterocycles. The fourth-order valence-electron chi connectivity index (χ4n) is 3.29. The van der Waals surface area contributed by atoms with E-state index in [0.29, 0.717) is 19.5 Å². The van der Waals surface area contributed by atoms with E-state index in [2.05, 4.69) is 0 Å². The quantitative estimate of drug-likeness (QED) is 0.786. The molecular formula is C13H22N2O3. The summed E-state index contributed by atoms with van der Waals surface area (Å²) in [5, 5.41) is 9.23. The van der Waals surface area contributed by atoms with Crippen LogP contribution in [0.15, 0.2) is 0 Å². The van der Waals surface area contributed by atoms with Crippen LogP contribution in [0.5, 0.6) is 0 Å². The Morgan fingerprint density at radius 1 is 1.22 bits per heavy atom. The predicted octanol–water partition coefficient (Wildman–Crippen LogP) is 0.971. The molecule has 1 saturated carbocycles. The fraction of sp³-hybridized carbons (Fsp3) is 0.846. The molecule has 1 aliphatic heterocycles. The van der Waals surface area contributed by atoms with E-state index in [0.717, 1.165) is 38.5 Å². The van der Waals surface area contributed by atoms with Gasteiger partial charge in [0.1, 0.15) is 6.04 Å². The molecule has 3 N–H and O–H groups in total. The molecule has 102 valence electrons. The zero-order chi connectivity index (χ0) is 13.2. The first-order valence-electron chi connectivity index (χ1n) is 6.85. The number of rotatable bonds is 3. The molecule has 1 amide bonds. The minimum absolute atomic E-state index is 0.0189. The van der Waals surface area contributed by atoms with Crippen molar-refractivity contribution in [2.75, 3.05) is 13.1 Å². The van der Waals surface area contributed by atoms with E-state index in [1.165, 1.54) is 0 Å². The van der Waals surface area contributed by atoms with Crippen molar-refractivity contribution in [2.24, 2.45) is 11.1 Å². The van der Waals surface area contributed by atoms with Gasteiger partial charge in [0.25, 0.3) is 0 Å². The second-order valence-corrected chi connectivity index (χ2v) is 5.54. The van der Waals surface area contributed by atoms with Crippen LogP contribution in [-0.2, 0) is 9.59 Å². The number of aliphatic carboxylic acids is 1. The molecule has 5 nitrogen and oxygen atoms in total. The largest absolute Gasteiger partial charge is 0.480 e. The third-order valence-corrected chi connectivity index (χ3v) is 4.45. The minimum atomic E-state index is -0.881. The summed E-state index contributed by atoms with van der Waals surface area (Å²) in [5.74, 6) is -0.900. The second-order valence-electron chi connectivity index (χ2n) is 5.54. The van der Waals surface area contributed by atoms with Crippen LogP contribution in [0.25, 0.3) is 0 Å². The van der Waals surface area contributed by atoms with E-state index in [-0.39, 0.29) is 5.91 Å². The summed E-state index contributed by atoms with van der Waals surface area (Å²) in [6.07, 6.45) is 6.02. The molecule has 18 heavy (non-hydrogen) atoms. The number of nitrogens with zero attached hydrogens (tertiary/aromatic N) is 1. The molecule has 1 heterocycles. The van der Waals surface area contributed by atoms with Gasteiger partial charge < -0.3 is 15.7 Å². The number of carbonyl (C=O) groups excluding carboxylic acids is 1. The summed E-state index contributed by atoms with van der Waals surface area (Å²) >= 11 is 0. The van der Waals surface area contributed by atoms with Crippen LogP contribution in [0.2, 0.25) is 0 Å². The van der Waals surface area contributed by atoms with Gasteiger partial charge in [-0.25, -0.2) is 4.79 Å². The Kier molecular flexibility index (Phi) is 3.90. The molecular weight excluding hydrogens is 232 g/mol. The van der Waals surface area contributed by atoms with Crippen molar-refractivity contribution in [3.8, 4) is 0 Å². The first-order chi connectivity index (χ1) is 8.60. The van der Waals surface area contributed by atoms with Gasteiger partial charge in [-0.2, -0.15) is 0 Å². The average molecular weight is 254 g/mol. The molecule has 2 aliphatic rings. The normalized spacial score (nSPS) is 27.2. The van der Waals surface area contributed by atoms with Crippen molar-refractivity contribution in [3.63, 3.8) is 0 Å². The zero-order valence-electron chi connectivity index (χ0n) is 10.7. The van der Waals surface area contributed by atoms with E-state index in [9.17, 15) is 14.7 Å². The zero-order valence-corrected chi connectivity index (χ0v) is 10.7. The van der Waals surface area contributed by atoms with E-state index in [1.807, 2.05) is 0 Å². The molecule has 0 unspecified atom stereocenters. The maximum absolute atomic E-state index is 12.7. The van der Waals surface area contributed by atoms with Crippen LogP contribution in [0.3, 0.4) is 0 Å². The summed E-state index contributed by atoms with van der Waals surface area (Å²) in [4.78, 5) is 25.5. The van der Waals surface area contributed by atoms with Crippen molar-refractivity contribution in [1.82, 2.24) is 4.90 Å². The second kappa shape index (κ2) is 5.26. The number of piperidine rings is 1. The van der Waals surface area contributed by atoms with Gasteiger partial charge in [-0.15, -0.1) is 0 Å². The topological polar surface area (TPSA) is 83.6 Å². The van der Waals surface area contributed by atoms with Gasteiger partial charge in [0.2, 0.25) is 5.91 Å². The number of nitrogens with two attached hydrogens (primary N) is 1. The van der Waals surface area contributed by atoms with Gasteiger partial charge in [-0.1, -0.05) is 12.8 Å². The van der Waals surface area contributed by atoms with Crippen molar-refractivity contribution in [1.29, 1.82) is 0 Å². The summed E-state index contributed by atoms with van der Waals surface area (Å²) in [6.45, 7) is 0.909. The third-order valence-electron chi connectivity index (χ3n) is 4.45. The first kappa shape index (κ1) is 13.3. The van der Waals surface area contributed by atoms with Crippen molar-refractivity contribution >= 4 is 11.9 Å². The van der Waals surface area contributed by atoms with Gasteiger partial charge in [-0.3, -0.25) is 4.79 Å². The number of likely N-dealkylation sites (tertiary alicyclic amines) is 1. The molecule has 2 rings (SSSR count). The molecule has 0 aromatic rings. The Bertz CT molecular complexity index is 337. The maximum Gasteiger partial charge on any atom is 0.326 e. The first-order valence-corrected chi connectivity index (χ1v) is 6.85. The number of hydrogen-bond donors (Lipinski definition) is 2. The maximum atomic E-state index is 12.7. The third kappa shape index (κ3) is 2.23. The van der Waals surface area contributed by atoms with Crippen LogP contribution in [0, 0.1) is 5.41 Å². The Morgan fingerprint density at radius 3 is 2.44 bits per heavy atom.